The van der Waals surface area contributed by atoms with Crippen molar-refractivity contribution < 1.29 is 28.7 Å². The van der Waals surface area contributed by atoms with Crippen molar-refractivity contribution in [1.82, 2.24) is 10.2 Å². The van der Waals surface area contributed by atoms with Crippen LogP contribution in [0.5, 0.6) is 0 Å². The lowest BCUT2D eigenvalue weighted by Crippen LogP contribution is -2.34. The van der Waals surface area contributed by atoms with E-state index >= 15 is 0 Å². The normalized spacial score (nSPS) is 12.3. The minimum atomic E-state index is -0.859. The van der Waals surface area contributed by atoms with Gasteiger partial charge in [-0.1, -0.05) is 48.5 Å². The van der Waals surface area contributed by atoms with Crippen molar-refractivity contribution in [2.75, 3.05) is 6.61 Å². The number of esters is 1. The van der Waals surface area contributed by atoms with Gasteiger partial charge in [0.15, 0.2) is 6.61 Å². The van der Waals surface area contributed by atoms with E-state index in [4.69, 9.17) is 4.74 Å². The van der Waals surface area contributed by atoms with Crippen LogP contribution in [0, 0.1) is 0 Å². The Balaban J connectivity index is 1.38. The highest BCUT2D eigenvalue weighted by molar-refractivity contribution is 6.21. The zero-order chi connectivity index (χ0) is 23.4. The van der Waals surface area contributed by atoms with Crippen molar-refractivity contribution >= 4 is 29.6 Å². The number of benzene rings is 3. The fraction of sp³-hybridized carbons (Fsp3) is 0.0800. The number of nitrogens with one attached hydrogen (secondary N) is 1. The van der Waals surface area contributed by atoms with Gasteiger partial charge in [0.05, 0.1) is 23.2 Å². The first kappa shape index (κ1) is 21.6. The van der Waals surface area contributed by atoms with Crippen LogP contribution in [0.1, 0.15) is 47.0 Å². The van der Waals surface area contributed by atoms with Gasteiger partial charge >= 0.3 is 5.97 Å². The zero-order valence-corrected chi connectivity index (χ0v) is 17.3. The van der Waals surface area contributed by atoms with E-state index in [-0.39, 0.29) is 23.2 Å². The molecule has 0 unspecified atom stereocenters. The van der Waals surface area contributed by atoms with Gasteiger partial charge < -0.3 is 4.74 Å². The lowest BCUT2D eigenvalue weighted by molar-refractivity contribution is -0.123. The molecular formula is C25H18N2O6. The van der Waals surface area contributed by atoms with Gasteiger partial charge in [-0.2, -0.15) is 0 Å². The second kappa shape index (κ2) is 9.27. The molecule has 0 spiro atoms. The second-order valence-electron chi connectivity index (χ2n) is 7.26. The van der Waals surface area contributed by atoms with E-state index in [0.29, 0.717) is 5.56 Å². The third-order valence-electron chi connectivity index (χ3n) is 5.01. The van der Waals surface area contributed by atoms with Crippen LogP contribution in [0.4, 0.5) is 0 Å². The quantitative estimate of drug-likeness (QED) is 0.464. The summed E-state index contributed by atoms with van der Waals surface area (Å²) >= 11 is 0. The van der Waals surface area contributed by atoms with Gasteiger partial charge in [0.1, 0.15) is 0 Å². The van der Waals surface area contributed by atoms with Crippen LogP contribution in [0.15, 0.2) is 78.9 Å². The highest BCUT2D eigenvalue weighted by atomic mass is 16.5. The van der Waals surface area contributed by atoms with E-state index in [0.717, 1.165) is 10.5 Å². The Labute approximate surface area is 188 Å². The van der Waals surface area contributed by atoms with E-state index in [2.05, 4.69) is 5.32 Å². The van der Waals surface area contributed by atoms with Gasteiger partial charge in [-0.15, -0.1) is 0 Å². The topological polar surface area (TPSA) is 110 Å². The highest BCUT2D eigenvalue weighted by Gasteiger charge is 2.36. The number of fused-ring (bicyclic) bond motifs is 1. The van der Waals surface area contributed by atoms with E-state index in [1.54, 1.807) is 42.5 Å². The summed E-state index contributed by atoms with van der Waals surface area (Å²) in [6.45, 7) is -0.565. The molecule has 1 aliphatic rings. The van der Waals surface area contributed by atoms with Crippen LogP contribution >= 0.6 is 0 Å². The lowest BCUT2D eigenvalue weighted by atomic mass is 10.1. The second-order valence-corrected chi connectivity index (χ2v) is 7.26. The number of ether oxygens (including phenoxy) is 1. The standard InChI is InChI=1S/C25H18N2O6/c28-21(26-22(29)17-9-5-2-6-10-17)15-33-25(32)18-11-12-19-20(13-18)24(31)27(23(19)30)14-16-7-3-1-4-8-16/h1-13H,14-15H2,(H,26,28,29). The Kier molecular flexibility index (Phi) is 6.08. The molecule has 1 N–H and O–H groups in total. The van der Waals surface area contributed by atoms with Crippen LogP contribution in [0.2, 0.25) is 0 Å². The van der Waals surface area contributed by atoms with Crippen LogP contribution in [0.3, 0.4) is 0 Å². The van der Waals surface area contributed by atoms with Gasteiger partial charge in [0.25, 0.3) is 23.6 Å². The van der Waals surface area contributed by atoms with E-state index in [9.17, 15) is 24.0 Å². The molecule has 164 valence electrons. The summed E-state index contributed by atoms with van der Waals surface area (Å²) in [6.07, 6.45) is 0. The Morgan fingerprint density at radius 3 is 2.09 bits per heavy atom. The first-order valence-corrected chi connectivity index (χ1v) is 10.0. The van der Waals surface area contributed by atoms with Crippen LogP contribution < -0.4 is 5.32 Å². The summed E-state index contributed by atoms with van der Waals surface area (Å²) < 4.78 is 4.96. The molecule has 8 heteroatoms. The van der Waals surface area contributed by atoms with E-state index in [1.165, 1.54) is 18.2 Å². The molecule has 0 aromatic heterocycles. The average Bonchev–Trinajstić information content (AvgIpc) is 3.08. The van der Waals surface area contributed by atoms with E-state index in [1.807, 2.05) is 18.2 Å². The lowest BCUT2D eigenvalue weighted by Gasteiger charge is -2.13. The predicted octanol–water partition coefficient (Wildman–Crippen LogP) is 2.60. The Hall–Kier alpha value is -4.59. The van der Waals surface area contributed by atoms with Crippen LogP contribution in [-0.2, 0) is 16.1 Å². The summed E-state index contributed by atoms with van der Waals surface area (Å²) in [5.41, 5.74) is 1.38. The molecular weight excluding hydrogens is 424 g/mol. The molecule has 4 amide bonds. The number of carbonyl (C=O) groups excluding carboxylic acids is 5. The van der Waals surface area contributed by atoms with Crippen molar-refractivity contribution in [1.29, 1.82) is 0 Å². The Bertz CT molecular complexity index is 1250. The number of amides is 4. The molecule has 0 saturated heterocycles. The molecule has 1 heterocycles. The summed E-state index contributed by atoms with van der Waals surface area (Å²) in [4.78, 5) is 62.8. The minimum absolute atomic E-state index is 0.0126. The maximum Gasteiger partial charge on any atom is 0.338 e. The zero-order valence-electron chi connectivity index (χ0n) is 17.3. The van der Waals surface area contributed by atoms with Crippen LogP contribution in [0.25, 0.3) is 0 Å². The molecule has 1 aliphatic heterocycles. The summed E-state index contributed by atoms with van der Waals surface area (Å²) in [5.74, 6) is -3.23. The third kappa shape index (κ3) is 4.69. The van der Waals surface area contributed by atoms with Crippen LogP contribution in [-0.4, -0.2) is 41.1 Å². The third-order valence-corrected chi connectivity index (χ3v) is 5.01. The first-order chi connectivity index (χ1) is 15.9. The predicted molar refractivity (Wildman–Crippen MR) is 116 cm³/mol. The molecule has 3 aromatic rings. The fourth-order valence-electron chi connectivity index (χ4n) is 3.37. The molecule has 4 rings (SSSR count). The Morgan fingerprint density at radius 2 is 1.39 bits per heavy atom. The van der Waals surface area contributed by atoms with Gasteiger partial charge in [-0.05, 0) is 35.9 Å². The molecule has 0 fully saturated rings. The van der Waals surface area contributed by atoms with Gasteiger partial charge in [0, 0.05) is 5.56 Å². The smallest absolute Gasteiger partial charge is 0.338 e. The number of hydrogen-bond acceptors (Lipinski definition) is 6. The molecule has 0 bridgehead atoms. The summed E-state index contributed by atoms with van der Waals surface area (Å²) in [5, 5.41) is 2.13. The first-order valence-electron chi connectivity index (χ1n) is 10.0. The number of imide groups is 2. The largest absolute Gasteiger partial charge is 0.452 e. The number of carbonyl (C=O) groups is 5. The summed E-state index contributed by atoms with van der Waals surface area (Å²) in [6, 6.07) is 21.2. The molecule has 3 aromatic carbocycles. The molecule has 8 nitrogen and oxygen atoms in total. The number of nitrogens with zero attached hydrogens (tertiary/aromatic N) is 1. The van der Waals surface area contributed by atoms with E-state index < -0.39 is 36.2 Å². The molecule has 0 radical (unpaired) electrons. The van der Waals surface area contributed by atoms with Crippen molar-refractivity contribution in [3.8, 4) is 0 Å². The minimum Gasteiger partial charge on any atom is -0.452 e. The van der Waals surface area contributed by atoms with Crippen molar-refractivity contribution in [3.63, 3.8) is 0 Å². The van der Waals surface area contributed by atoms with Gasteiger partial charge in [-0.25, -0.2) is 4.79 Å². The highest BCUT2D eigenvalue weighted by Crippen LogP contribution is 2.26. The number of hydrogen-bond donors (Lipinski definition) is 1. The van der Waals surface area contributed by atoms with Crippen molar-refractivity contribution in [2.45, 2.75) is 6.54 Å². The van der Waals surface area contributed by atoms with Crippen molar-refractivity contribution in [2.24, 2.45) is 0 Å². The maximum atomic E-state index is 12.8. The van der Waals surface area contributed by atoms with Gasteiger partial charge in [0.2, 0.25) is 0 Å². The molecule has 0 atom stereocenters. The monoisotopic (exact) mass is 442 g/mol. The average molecular weight is 442 g/mol. The molecule has 0 saturated carbocycles. The fourth-order valence-corrected chi connectivity index (χ4v) is 3.37. The van der Waals surface area contributed by atoms with Crippen molar-refractivity contribution in [3.05, 3.63) is 107 Å². The Morgan fingerprint density at radius 1 is 0.758 bits per heavy atom. The molecule has 33 heavy (non-hydrogen) atoms. The van der Waals surface area contributed by atoms with Gasteiger partial charge in [-0.3, -0.25) is 29.4 Å². The molecule has 0 aliphatic carbocycles. The SMILES string of the molecule is O=C(COC(=O)c1ccc2c(c1)C(=O)N(Cc1ccccc1)C2=O)NC(=O)c1ccccc1. The maximum absolute atomic E-state index is 12.8. The summed E-state index contributed by atoms with van der Waals surface area (Å²) in [7, 11) is 0. The number of rotatable bonds is 6.